The quantitative estimate of drug-likeness (QED) is 0.640. The molecule has 1 fully saturated rings. The van der Waals surface area contributed by atoms with Gasteiger partial charge in [-0.3, -0.25) is 19.2 Å². The standard InChI is InChI=1S/C23H22N4O6/c1-14(28)25-17-7-9-19(10-8-17)27-11-12-32-21(23(27)31)20(33-15(2)29)22(30)26-18-5-3-16(13-24)4-6-18/h3-10,20-21H,11-12H2,1-2H3,(H,25,28)(H,26,30)/t20-,21-/m1/s1. The summed E-state index contributed by atoms with van der Waals surface area (Å²) in [5.74, 6) is -2.25. The molecule has 3 amide bonds. The molecule has 170 valence electrons. The van der Waals surface area contributed by atoms with Crippen LogP contribution in [0.15, 0.2) is 48.5 Å². The van der Waals surface area contributed by atoms with Gasteiger partial charge in [-0.05, 0) is 48.5 Å². The first-order valence-electron chi connectivity index (χ1n) is 10.1. The first kappa shape index (κ1) is 23.4. The maximum absolute atomic E-state index is 13.2. The van der Waals surface area contributed by atoms with E-state index < -0.39 is 30.0 Å². The number of amides is 3. The normalized spacial score (nSPS) is 16.3. The molecule has 0 radical (unpaired) electrons. The molecular formula is C23H22N4O6. The maximum Gasteiger partial charge on any atom is 0.303 e. The van der Waals surface area contributed by atoms with Crippen LogP contribution in [0.25, 0.3) is 0 Å². The van der Waals surface area contributed by atoms with Gasteiger partial charge in [-0.15, -0.1) is 0 Å². The van der Waals surface area contributed by atoms with Crippen molar-refractivity contribution in [3.8, 4) is 6.07 Å². The maximum atomic E-state index is 13.2. The van der Waals surface area contributed by atoms with Crippen molar-refractivity contribution in [1.82, 2.24) is 0 Å². The molecule has 0 aromatic heterocycles. The second-order valence-electron chi connectivity index (χ2n) is 7.22. The van der Waals surface area contributed by atoms with Crippen LogP contribution < -0.4 is 15.5 Å². The third kappa shape index (κ3) is 5.93. The Kier molecular flexibility index (Phi) is 7.38. The lowest BCUT2D eigenvalue weighted by Crippen LogP contribution is -2.56. The van der Waals surface area contributed by atoms with Gasteiger partial charge in [-0.25, -0.2) is 0 Å². The fraction of sp³-hybridized carbons (Fsp3) is 0.261. The van der Waals surface area contributed by atoms with Crippen LogP contribution in [0.4, 0.5) is 17.1 Å². The summed E-state index contributed by atoms with van der Waals surface area (Å²) in [4.78, 5) is 50.4. The molecule has 10 heteroatoms. The third-order valence-electron chi connectivity index (χ3n) is 4.73. The van der Waals surface area contributed by atoms with Crippen LogP contribution in [0.5, 0.6) is 0 Å². The molecule has 3 rings (SSSR count). The van der Waals surface area contributed by atoms with Crippen molar-refractivity contribution in [1.29, 1.82) is 5.26 Å². The molecule has 1 heterocycles. The van der Waals surface area contributed by atoms with Crippen LogP contribution in [0.3, 0.4) is 0 Å². The number of ether oxygens (including phenoxy) is 2. The van der Waals surface area contributed by atoms with Gasteiger partial charge in [0.05, 0.1) is 18.2 Å². The van der Waals surface area contributed by atoms with Crippen LogP contribution in [0.2, 0.25) is 0 Å². The molecular weight excluding hydrogens is 428 g/mol. The average molecular weight is 450 g/mol. The summed E-state index contributed by atoms with van der Waals surface area (Å²) in [5, 5.41) is 14.1. The first-order valence-corrected chi connectivity index (χ1v) is 10.1. The lowest BCUT2D eigenvalue weighted by atomic mass is 10.1. The van der Waals surface area contributed by atoms with E-state index in [9.17, 15) is 19.2 Å². The molecule has 1 aliphatic rings. The number of morpholine rings is 1. The van der Waals surface area contributed by atoms with Crippen LogP contribution in [0, 0.1) is 11.3 Å². The van der Waals surface area contributed by atoms with Gasteiger partial charge in [0.25, 0.3) is 11.8 Å². The van der Waals surface area contributed by atoms with Crippen molar-refractivity contribution in [3.63, 3.8) is 0 Å². The molecule has 0 unspecified atom stereocenters. The second-order valence-corrected chi connectivity index (χ2v) is 7.22. The largest absolute Gasteiger partial charge is 0.449 e. The monoisotopic (exact) mass is 450 g/mol. The fourth-order valence-corrected chi connectivity index (χ4v) is 3.28. The molecule has 2 aromatic carbocycles. The van der Waals surface area contributed by atoms with E-state index in [4.69, 9.17) is 14.7 Å². The van der Waals surface area contributed by atoms with E-state index >= 15 is 0 Å². The number of nitriles is 1. The summed E-state index contributed by atoms with van der Waals surface area (Å²) < 4.78 is 10.7. The van der Waals surface area contributed by atoms with Crippen molar-refractivity contribution in [3.05, 3.63) is 54.1 Å². The van der Waals surface area contributed by atoms with E-state index in [0.29, 0.717) is 22.6 Å². The molecule has 0 saturated carbocycles. The van der Waals surface area contributed by atoms with Gasteiger partial charge < -0.3 is 25.0 Å². The third-order valence-corrected chi connectivity index (χ3v) is 4.73. The highest BCUT2D eigenvalue weighted by molar-refractivity contribution is 6.04. The molecule has 0 spiro atoms. The predicted octanol–water partition coefficient (Wildman–Crippen LogP) is 1.82. The number of esters is 1. The summed E-state index contributed by atoms with van der Waals surface area (Å²) >= 11 is 0. The molecule has 1 saturated heterocycles. The summed E-state index contributed by atoms with van der Waals surface area (Å²) in [6.45, 7) is 2.88. The smallest absolute Gasteiger partial charge is 0.303 e. The van der Waals surface area contributed by atoms with E-state index in [2.05, 4.69) is 10.6 Å². The lowest BCUT2D eigenvalue weighted by molar-refractivity contribution is -0.167. The van der Waals surface area contributed by atoms with Gasteiger partial charge in [-0.2, -0.15) is 5.26 Å². The minimum atomic E-state index is -1.52. The summed E-state index contributed by atoms with van der Waals surface area (Å²) in [5.41, 5.74) is 1.89. The lowest BCUT2D eigenvalue weighted by Gasteiger charge is -2.35. The zero-order chi connectivity index (χ0) is 24.0. The highest BCUT2D eigenvalue weighted by atomic mass is 16.6. The first-order chi connectivity index (χ1) is 15.8. The van der Waals surface area contributed by atoms with E-state index in [-0.39, 0.29) is 19.1 Å². The molecule has 0 aliphatic carbocycles. The molecule has 2 aromatic rings. The van der Waals surface area contributed by atoms with E-state index in [1.165, 1.54) is 36.1 Å². The number of benzene rings is 2. The summed E-state index contributed by atoms with van der Waals surface area (Å²) in [6, 6.07) is 14.7. The molecule has 10 nitrogen and oxygen atoms in total. The highest BCUT2D eigenvalue weighted by Crippen LogP contribution is 2.24. The number of hydrogen-bond acceptors (Lipinski definition) is 7. The van der Waals surface area contributed by atoms with Gasteiger partial charge in [0.15, 0.2) is 6.10 Å². The fourth-order valence-electron chi connectivity index (χ4n) is 3.28. The number of carbonyl (C=O) groups excluding carboxylic acids is 4. The average Bonchev–Trinajstić information content (AvgIpc) is 2.78. The molecule has 33 heavy (non-hydrogen) atoms. The van der Waals surface area contributed by atoms with E-state index in [0.717, 1.165) is 6.92 Å². The summed E-state index contributed by atoms with van der Waals surface area (Å²) in [7, 11) is 0. The Hall–Kier alpha value is -4.23. The topological polar surface area (TPSA) is 138 Å². The van der Waals surface area contributed by atoms with Gasteiger partial charge in [0.1, 0.15) is 0 Å². The SMILES string of the molecule is CC(=O)Nc1ccc(N2CCO[C@H]([C@@H](OC(C)=O)C(=O)Nc3ccc(C#N)cc3)C2=O)cc1. The minimum Gasteiger partial charge on any atom is -0.449 e. The number of nitrogens with zero attached hydrogens (tertiary/aromatic N) is 2. The summed E-state index contributed by atoms with van der Waals surface area (Å²) in [6.07, 6.45) is -2.87. The predicted molar refractivity (Wildman–Crippen MR) is 118 cm³/mol. The van der Waals surface area contributed by atoms with Crippen LogP contribution in [0.1, 0.15) is 19.4 Å². The molecule has 0 bridgehead atoms. The van der Waals surface area contributed by atoms with Crippen LogP contribution >= 0.6 is 0 Å². The number of nitrogens with one attached hydrogen (secondary N) is 2. The van der Waals surface area contributed by atoms with Crippen molar-refractivity contribution in [2.45, 2.75) is 26.1 Å². The van der Waals surface area contributed by atoms with Crippen molar-refractivity contribution >= 4 is 40.8 Å². The number of rotatable bonds is 6. The Morgan fingerprint density at radius 1 is 1.06 bits per heavy atom. The van der Waals surface area contributed by atoms with E-state index in [1.807, 2.05) is 6.07 Å². The Bertz CT molecular complexity index is 1090. The Balaban J connectivity index is 1.79. The number of hydrogen-bond donors (Lipinski definition) is 2. The minimum absolute atomic E-state index is 0.117. The van der Waals surface area contributed by atoms with Crippen LogP contribution in [-0.2, 0) is 28.7 Å². The number of anilines is 3. The Morgan fingerprint density at radius 3 is 2.24 bits per heavy atom. The molecule has 1 aliphatic heterocycles. The Morgan fingerprint density at radius 2 is 1.67 bits per heavy atom. The highest BCUT2D eigenvalue weighted by Gasteiger charge is 2.42. The number of carbonyl (C=O) groups is 4. The van der Waals surface area contributed by atoms with E-state index in [1.54, 1.807) is 24.3 Å². The van der Waals surface area contributed by atoms with Gasteiger partial charge in [-0.1, -0.05) is 0 Å². The second kappa shape index (κ2) is 10.4. The van der Waals surface area contributed by atoms with Gasteiger partial charge in [0.2, 0.25) is 12.0 Å². The zero-order valence-corrected chi connectivity index (χ0v) is 18.0. The van der Waals surface area contributed by atoms with Crippen molar-refractivity contribution in [2.24, 2.45) is 0 Å². The zero-order valence-electron chi connectivity index (χ0n) is 18.0. The molecule has 2 atom stereocenters. The molecule has 2 N–H and O–H groups in total. The van der Waals surface area contributed by atoms with Crippen LogP contribution in [-0.4, -0.2) is 49.1 Å². The van der Waals surface area contributed by atoms with Crippen molar-refractivity contribution in [2.75, 3.05) is 28.7 Å². The Labute approximate surface area is 190 Å². The van der Waals surface area contributed by atoms with Crippen molar-refractivity contribution < 1.29 is 28.7 Å². The van der Waals surface area contributed by atoms with Gasteiger partial charge >= 0.3 is 5.97 Å². The van der Waals surface area contributed by atoms with Gasteiger partial charge in [0, 0.05) is 37.5 Å².